The standard InChI is InChI=1S/C11H13N3O4/c12-7(5-15)10(16)13-4-6-1-2-9-8(3-6)14-11(17)18-9/h1-3,7,15H,4-5,12H2,(H,13,16)(H,14,17). The van der Waals surface area contributed by atoms with Crippen molar-refractivity contribution in [1.82, 2.24) is 10.3 Å². The van der Waals surface area contributed by atoms with E-state index in [1.54, 1.807) is 18.2 Å². The fraction of sp³-hybridized carbons (Fsp3) is 0.273. The zero-order chi connectivity index (χ0) is 13.1. The molecular weight excluding hydrogens is 238 g/mol. The molecule has 1 atom stereocenters. The number of hydrogen-bond donors (Lipinski definition) is 4. The summed E-state index contributed by atoms with van der Waals surface area (Å²) in [6.07, 6.45) is 0. The van der Waals surface area contributed by atoms with Crippen molar-refractivity contribution in [2.24, 2.45) is 5.73 Å². The molecule has 96 valence electrons. The smallest absolute Gasteiger partial charge is 0.408 e. The van der Waals surface area contributed by atoms with Gasteiger partial charge in [0.1, 0.15) is 6.04 Å². The molecule has 1 heterocycles. The molecule has 0 saturated carbocycles. The molecule has 7 nitrogen and oxygen atoms in total. The first-order chi connectivity index (χ1) is 8.60. The molecule has 0 aliphatic carbocycles. The Balaban J connectivity index is 2.08. The van der Waals surface area contributed by atoms with Crippen LogP contribution in [0, 0.1) is 0 Å². The van der Waals surface area contributed by atoms with Gasteiger partial charge in [0.05, 0.1) is 12.1 Å². The lowest BCUT2D eigenvalue weighted by Gasteiger charge is -2.09. The molecule has 0 radical (unpaired) electrons. The summed E-state index contributed by atoms with van der Waals surface area (Å²) in [7, 11) is 0. The molecule has 0 aliphatic heterocycles. The second kappa shape index (κ2) is 5.03. The number of carbonyl (C=O) groups is 1. The van der Waals surface area contributed by atoms with Crippen molar-refractivity contribution in [2.75, 3.05) is 6.61 Å². The first-order valence-corrected chi connectivity index (χ1v) is 5.36. The fourth-order valence-electron chi connectivity index (χ4n) is 1.51. The van der Waals surface area contributed by atoms with E-state index in [-0.39, 0.29) is 6.54 Å². The number of benzene rings is 1. The van der Waals surface area contributed by atoms with Crippen LogP contribution in [0.15, 0.2) is 27.4 Å². The van der Waals surface area contributed by atoms with Gasteiger partial charge in [-0.3, -0.25) is 9.78 Å². The highest BCUT2D eigenvalue weighted by molar-refractivity contribution is 5.81. The molecule has 0 spiro atoms. The lowest BCUT2D eigenvalue weighted by Crippen LogP contribution is -2.42. The summed E-state index contributed by atoms with van der Waals surface area (Å²) in [5, 5.41) is 11.3. The van der Waals surface area contributed by atoms with Crippen molar-refractivity contribution in [3.8, 4) is 0 Å². The minimum Gasteiger partial charge on any atom is -0.408 e. The van der Waals surface area contributed by atoms with Crippen LogP contribution in [0.1, 0.15) is 5.56 Å². The predicted octanol–water partition coefficient (Wildman–Crippen LogP) is -0.943. The fourth-order valence-corrected chi connectivity index (χ4v) is 1.51. The van der Waals surface area contributed by atoms with E-state index in [2.05, 4.69) is 10.3 Å². The summed E-state index contributed by atoms with van der Waals surface area (Å²) in [5.41, 5.74) is 7.17. The molecule has 2 aromatic rings. The Morgan fingerprint density at radius 3 is 3.06 bits per heavy atom. The van der Waals surface area contributed by atoms with Gasteiger partial charge in [0, 0.05) is 6.54 Å². The van der Waals surface area contributed by atoms with Gasteiger partial charge in [-0.15, -0.1) is 0 Å². The lowest BCUT2D eigenvalue weighted by atomic mass is 10.2. The molecule has 18 heavy (non-hydrogen) atoms. The van der Waals surface area contributed by atoms with Crippen molar-refractivity contribution in [1.29, 1.82) is 0 Å². The van der Waals surface area contributed by atoms with E-state index >= 15 is 0 Å². The van der Waals surface area contributed by atoms with Crippen LogP contribution in [0.25, 0.3) is 11.1 Å². The largest absolute Gasteiger partial charge is 0.417 e. The number of fused-ring (bicyclic) bond motifs is 1. The zero-order valence-electron chi connectivity index (χ0n) is 9.47. The molecule has 0 aliphatic rings. The SMILES string of the molecule is NC(CO)C(=O)NCc1ccc2oc(=O)[nH]c2c1. The van der Waals surface area contributed by atoms with Gasteiger partial charge in [0.2, 0.25) is 5.91 Å². The van der Waals surface area contributed by atoms with Crippen LogP contribution in [0.5, 0.6) is 0 Å². The van der Waals surface area contributed by atoms with Gasteiger partial charge >= 0.3 is 5.76 Å². The van der Waals surface area contributed by atoms with Gasteiger partial charge in [-0.05, 0) is 17.7 Å². The molecule has 1 unspecified atom stereocenters. The number of amides is 1. The number of hydrogen-bond acceptors (Lipinski definition) is 5. The number of aliphatic hydroxyl groups is 1. The van der Waals surface area contributed by atoms with Crippen LogP contribution in [-0.2, 0) is 11.3 Å². The van der Waals surface area contributed by atoms with Crippen LogP contribution in [-0.4, -0.2) is 28.6 Å². The van der Waals surface area contributed by atoms with Gasteiger partial charge in [-0.2, -0.15) is 0 Å². The van der Waals surface area contributed by atoms with Gasteiger partial charge < -0.3 is 20.6 Å². The maximum absolute atomic E-state index is 11.3. The molecular formula is C11H13N3O4. The highest BCUT2D eigenvalue weighted by Gasteiger charge is 2.11. The van der Waals surface area contributed by atoms with Gasteiger partial charge in [0.25, 0.3) is 0 Å². The second-order valence-electron chi connectivity index (χ2n) is 3.85. The first-order valence-electron chi connectivity index (χ1n) is 5.36. The Hall–Kier alpha value is -2.12. The number of carbonyl (C=O) groups excluding carboxylic acids is 1. The number of nitrogens with two attached hydrogens (primary N) is 1. The summed E-state index contributed by atoms with van der Waals surface area (Å²) >= 11 is 0. The van der Waals surface area contributed by atoms with E-state index in [9.17, 15) is 9.59 Å². The minimum atomic E-state index is -0.928. The van der Waals surface area contributed by atoms with E-state index < -0.39 is 24.3 Å². The number of rotatable bonds is 4. The predicted molar refractivity (Wildman–Crippen MR) is 63.7 cm³/mol. The summed E-state index contributed by atoms with van der Waals surface area (Å²) < 4.78 is 4.85. The van der Waals surface area contributed by atoms with E-state index in [1.165, 1.54) is 0 Å². The highest BCUT2D eigenvalue weighted by Crippen LogP contribution is 2.11. The summed E-state index contributed by atoms with van der Waals surface area (Å²) in [4.78, 5) is 24.8. The van der Waals surface area contributed by atoms with E-state index in [0.29, 0.717) is 11.1 Å². The minimum absolute atomic E-state index is 0.260. The average molecular weight is 251 g/mol. The Kier molecular flexibility index (Phi) is 3.45. The van der Waals surface area contributed by atoms with Crippen LogP contribution >= 0.6 is 0 Å². The zero-order valence-corrected chi connectivity index (χ0v) is 9.47. The quantitative estimate of drug-likeness (QED) is 0.558. The third-order valence-corrected chi connectivity index (χ3v) is 2.48. The van der Waals surface area contributed by atoms with Crippen molar-refractivity contribution in [3.63, 3.8) is 0 Å². The molecule has 1 aromatic heterocycles. The average Bonchev–Trinajstić information content (AvgIpc) is 2.74. The maximum atomic E-state index is 11.3. The Bertz CT molecular complexity index is 616. The molecule has 0 saturated heterocycles. The van der Waals surface area contributed by atoms with Crippen molar-refractivity contribution in [3.05, 3.63) is 34.3 Å². The monoisotopic (exact) mass is 251 g/mol. The highest BCUT2D eigenvalue weighted by atomic mass is 16.4. The normalized spacial score (nSPS) is 12.6. The number of H-pyrrole nitrogens is 1. The maximum Gasteiger partial charge on any atom is 0.417 e. The van der Waals surface area contributed by atoms with Gasteiger partial charge in [0.15, 0.2) is 5.58 Å². The molecule has 1 aromatic carbocycles. The Labute approximate surface area is 102 Å². The van der Waals surface area contributed by atoms with Gasteiger partial charge in [-0.25, -0.2) is 4.79 Å². The van der Waals surface area contributed by atoms with Crippen LogP contribution in [0.2, 0.25) is 0 Å². The number of nitrogens with one attached hydrogen (secondary N) is 2. The molecule has 5 N–H and O–H groups in total. The second-order valence-corrected chi connectivity index (χ2v) is 3.85. The van der Waals surface area contributed by atoms with E-state index in [4.69, 9.17) is 15.3 Å². The third-order valence-electron chi connectivity index (χ3n) is 2.48. The summed E-state index contributed by atoms with van der Waals surface area (Å²) in [6, 6.07) is 4.14. The Morgan fingerprint density at radius 2 is 2.33 bits per heavy atom. The first kappa shape index (κ1) is 12.3. The molecule has 2 rings (SSSR count). The van der Waals surface area contributed by atoms with Crippen LogP contribution < -0.4 is 16.8 Å². The molecule has 1 amide bonds. The van der Waals surface area contributed by atoms with E-state index in [0.717, 1.165) is 5.56 Å². The molecule has 0 bridgehead atoms. The number of aromatic amines is 1. The van der Waals surface area contributed by atoms with Crippen molar-refractivity contribution >= 4 is 17.0 Å². The number of aromatic nitrogens is 1. The topological polar surface area (TPSA) is 121 Å². The Morgan fingerprint density at radius 1 is 1.56 bits per heavy atom. The summed E-state index contributed by atoms with van der Waals surface area (Å²) in [6.45, 7) is -0.143. The van der Waals surface area contributed by atoms with E-state index in [1.807, 2.05) is 0 Å². The number of oxazole rings is 1. The van der Waals surface area contributed by atoms with Crippen molar-refractivity contribution in [2.45, 2.75) is 12.6 Å². The van der Waals surface area contributed by atoms with Crippen molar-refractivity contribution < 1.29 is 14.3 Å². The number of aliphatic hydroxyl groups excluding tert-OH is 1. The summed E-state index contributed by atoms with van der Waals surface area (Å²) in [5.74, 6) is -0.952. The molecule has 0 fully saturated rings. The third kappa shape index (κ3) is 2.58. The van der Waals surface area contributed by atoms with Crippen LogP contribution in [0.4, 0.5) is 0 Å². The van der Waals surface area contributed by atoms with Crippen LogP contribution in [0.3, 0.4) is 0 Å². The van der Waals surface area contributed by atoms with Gasteiger partial charge in [-0.1, -0.05) is 6.07 Å². The lowest BCUT2D eigenvalue weighted by molar-refractivity contribution is -0.123. The molecule has 7 heteroatoms.